The van der Waals surface area contributed by atoms with Gasteiger partial charge in [-0.15, -0.1) is 0 Å². The van der Waals surface area contributed by atoms with E-state index in [1.54, 1.807) is 21.1 Å². The Balaban J connectivity index is 4.24. The quantitative estimate of drug-likeness (QED) is 0.0269. The van der Waals surface area contributed by atoms with E-state index >= 15 is 0 Å². The molecule has 2 atom stereocenters. The number of esters is 2. The summed E-state index contributed by atoms with van der Waals surface area (Å²) in [6.07, 6.45) is 44.1. The van der Waals surface area contributed by atoms with E-state index in [0.717, 1.165) is 64.2 Å². The number of carboxylic acid groups (broad SMARTS) is 1. The minimum atomic E-state index is -1.13. The first kappa shape index (κ1) is 51.0. The number of rotatable bonds is 37. The Bertz CT molecular complexity index is 1070. The van der Waals surface area contributed by atoms with Gasteiger partial charge in [-0.25, -0.2) is 0 Å². The van der Waals surface area contributed by atoms with E-state index in [1.807, 2.05) is 0 Å². The number of carbonyl (C=O) groups is 3. The van der Waals surface area contributed by atoms with Crippen molar-refractivity contribution in [2.24, 2.45) is 0 Å². The Hall–Kier alpha value is -2.97. The summed E-state index contributed by atoms with van der Waals surface area (Å²) in [5, 5.41) is 11.6. The zero-order valence-corrected chi connectivity index (χ0v) is 35.1. The van der Waals surface area contributed by atoms with Crippen LogP contribution in [-0.4, -0.2) is 75.5 Å². The molecule has 0 radical (unpaired) electrons. The van der Waals surface area contributed by atoms with E-state index in [-0.39, 0.29) is 49.1 Å². The molecule has 0 aliphatic carbocycles. The zero-order valence-electron chi connectivity index (χ0n) is 35.1. The fourth-order valence-electron chi connectivity index (χ4n) is 5.89. The molecule has 8 heteroatoms. The van der Waals surface area contributed by atoms with Crippen LogP contribution in [0.25, 0.3) is 0 Å². The standard InChI is InChI=1S/C46H79NO7/c1-6-8-10-12-14-16-17-18-19-20-21-22-23-24-25-26-27-29-30-32-34-36-44(48)53-41-42(40-52-39-38-43(46(50)51)47(3,4)5)54-45(49)37-35-33-31-28-15-13-11-9-7-2/h8-11,14-16,18-19,28,42-43H,6-7,12-13,17,20-27,29-41H2,1-5H3/b10-8+,11-9+,16-14+,19-18+,28-15+. The summed E-state index contributed by atoms with van der Waals surface area (Å²) in [5.41, 5.74) is 0. The molecule has 0 spiro atoms. The normalized spacial score (nSPS) is 13.6. The number of aliphatic carboxylic acids is 1. The number of ether oxygens (including phenoxy) is 3. The molecule has 0 aliphatic rings. The number of hydrogen-bond acceptors (Lipinski definition) is 7. The first-order valence-electron chi connectivity index (χ1n) is 21.3. The molecule has 2 unspecified atom stereocenters. The maximum atomic E-state index is 12.6. The van der Waals surface area contributed by atoms with Crippen LogP contribution in [0.1, 0.15) is 162 Å². The van der Waals surface area contributed by atoms with Crippen molar-refractivity contribution in [3.63, 3.8) is 0 Å². The van der Waals surface area contributed by atoms with Gasteiger partial charge < -0.3 is 28.6 Å². The van der Waals surface area contributed by atoms with Gasteiger partial charge in [-0.3, -0.25) is 9.59 Å². The van der Waals surface area contributed by atoms with Gasteiger partial charge in [-0.2, -0.15) is 0 Å². The highest BCUT2D eigenvalue weighted by molar-refractivity contribution is 5.70. The zero-order chi connectivity index (χ0) is 40.0. The summed E-state index contributed by atoms with van der Waals surface area (Å²) < 4.78 is 17.1. The van der Waals surface area contributed by atoms with E-state index in [9.17, 15) is 19.5 Å². The second-order valence-electron chi connectivity index (χ2n) is 15.2. The number of unbranched alkanes of at least 4 members (excludes halogenated alkanes) is 13. The Morgan fingerprint density at radius 3 is 1.48 bits per heavy atom. The van der Waals surface area contributed by atoms with Crippen LogP contribution in [0.15, 0.2) is 60.8 Å². The molecule has 8 nitrogen and oxygen atoms in total. The van der Waals surface area contributed by atoms with Crippen molar-refractivity contribution < 1.29 is 38.2 Å². The summed E-state index contributed by atoms with van der Waals surface area (Å²) in [6.45, 7) is 4.37. The van der Waals surface area contributed by atoms with Crippen LogP contribution in [0.4, 0.5) is 0 Å². The highest BCUT2D eigenvalue weighted by atomic mass is 16.6. The second-order valence-corrected chi connectivity index (χ2v) is 15.2. The van der Waals surface area contributed by atoms with Crippen molar-refractivity contribution in [1.82, 2.24) is 0 Å². The maximum absolute atomic E-state index is 12.6. The summed E-state index contributed by atoms with van der Waals surface area (Å²) in [5.74, 6) is -1.79. The molecule has 0 bridgehead atoms. The number of carbonyl (C=O) groups excluding carboxylic acids is 3. The Morgan fingerprint density at radius 2 is 0.981 bits per heavy atom. The van der Waals surface area contributed by atoms with Crippen molar-refractivity contribution in [3.8, 4) is 0 Å². The molecule has 0 rings (SSSR count). The van der Waals surface area contributed by atoms with E-state index in [2.05, 4.69) is 74.6 Å². The van der Waals surface area contributed by atoms with Gasteiger partial charge in [0.25, 0.3) is 0 Å². The van der Waals surface area contributed by atoms with Gasteiger partial charge >= 0.3 is 11.9 Å². The average molecular weight is 758 g/mol. The van der Waals surface area contributed by atoms with Gasteiger partial charge in [0.1, 0.15) is 12.6 Å². The summed E-state index contributed by atoms with van der Waals surface area (Å²) in [4.78, 5) is 36.7. The van der Waals surface area contributed by atoms with Crippen molar-refractivity contribution in [3.05, 3.63) is 60.8 Å². The summed E-state index contributed by atoms with van der Waals surface area (Å²) in [6, 6.07) is -0.732. The van der Waals surface area contributed by atoms with Crippen LogP contribution in [0.2, 0.25) is 0 Å². The molecule has 54 heavy (non-hydrogen) atoms. The van der Waals surface area contributed by atoms with Gasteiger partial charge in [0, 0.05) is 19.3 Å². The molecule has 0 saturated carbocycles. The van der Waals surface area contributed by atoms with E-state index in [0.29, 0.717) is 12.8 Å². The number of likely N-dealkylation sites (N-methyl/N-ethyl adjacent to an activating group) is 1. The Kier molecular flexibility index (Phi) is 34.9. The third-order valence-corrected chi connectivity index (χ3v) is 9.15. The predicted molar refractivity (Wildman–Crippen MR) is 222 cm³/mol. The molecular weight excluding hydrogens is 679 g/mol. The summed E-state index contributed by atoms with van der Waals surface area (Å²) in [7, 11) is 5.38. The van der Waals surface area contributed by atoms with Gasteiger partial charge in [-0.1, -0.05) is 132 Å². The van der Waals surface area contributed by atoms with Gasteiger partial charge in [0.15, 0.2) is 6.10 Å². The molecule has 0 fully saturated rings. The SMILES string of the molecule is CC/C=C/C/C=C/C/C=C/CCCCCCCCCCCCCC(=O)OCC(COCCC(C(=O)[O-])[N+](C)(C)C)OC(=O)CCCC/C=C/C/C=C/CC. The van der Waals surface area contributed by atoms with Crippen molar-refractivity contribution in [2.75, 3.05) is 41.0 Å². The lowest BCUT2D eigenvalue weighted by atomic mass is 10.0. The second kappa shape index (κ2) is 37.0. The topological polar surface area (TPSA) is 102 Å². The monoisotopic (exact) mass is 758 g/mol. The number of carboxylic acids is 1. The first-order valence-corrected chi connectivity index (χ1v) is 21.3. The fourth-order valence-corrected chi connectivity index (χ4v) is 5.89. The number of allylic oxidation sites excluding steroid dienone is 10. The molecule has 0 aromatic heterocycles. The van der Waals surface area contributed by atoms with Gasteiger partial charge in [-0.05, 0) is 70.6 Å². The van der Waals surface area contributed by atoms with Crippen LogP contribution in [0, 0.1) is 0 Å². The maximum Gasteiger partial charge on any atom is 0.306 e. The minimum absolute atomic E-state index is 0.0249. The van der Waals surface area contributed by atoms with E-state index in [1.165, 1.54) is 57.8 Å². The summed E-state index contributed by atoms with van der Waals surface area (Å²) >= 11 is 0. The Morgan fingerprint density at radius 1 is 0.556 bits per heavy atom. The lowest BCUT2D eigenvalue weighted by molar-refractivity contribution is -0.889. The third-order valence-electron chi connectivity index (χ3n) is 9.15. The molecular formula is C46H79NO7. The molecule has 0 saturated heterocycles. The highest BCUT2D eigenvalue weighted by Crippen LogP contribution is 2.14. The molecule has 0 heterocycles. The van der Waals surface area contributed by atoms with Crippen LogP contribution in [-0.2, 0) is 28.6 Å². The van der Waals surface area contributed by atoms with Gasteiger partial charge in [0.05, 0.1) is 40.3 Å². The van der Waals surface area contributed by atoms with Crippen molar-refractivity contribution >= 4 is 17.9 Å². The molecule has 0 amide bonds. The van der Waals surface area contributed by atoms with Gasteiger partial charge in [0.2, 0.25) is 0 Å². The molecule has 0 aromatic rings. The largest absolute Gasteiger partial charge is 0.544 e. The minimum Gasteiger partial charge on any atom is -0.544 e. The van der Waals surface area contributed by atoms with Crippen molar-refractivity contribution in [1.29, 1.82) is 0 Å². The molecule has 310 valence electrons. The van der Waals surface area contributed by atoms with E-state index in [4.69, 9.17) is 14.2 Å². The van der Waals surface area contributed by atoms with Crippen LogP contribution in [0.3, 0.4) is 0 Å². The van der Waals surface area contributed by atoms with E-state index < -0.39 is 18.1 Å². The average Bonchev–Trinajstić information content (AvgIpc) is 3.12. The molecule has 0 aromatic carbocycles. The number of nitrogens with zero attached hydrogens (tertiary/aromatic N) is 1. The molecule has 0 N–H and O–H groups in total. The fraction of sp³-hybridized carbons (Fsp3) is 0.717. The smallest absolute Gasteiger partial charge is 0.306 e. The molecule has 0 aliphatic heterocycles. The predicted octanol–water partition coefficient (Wildman–Crippen LogP) is 10.1. The first-order chi connectivity index (χ1) is 26.1. The highest BCUT2D eigenvalue weighted by Gasteiger charge is 2.25. The van der Waals surface area contributed by atoms with Crippen LogP contribution in [0.5, 0.6) is 0 Å². The third kappa shape index (κ3) is 34.8. The number of hydrogen-bond donors (Lipinski definition) is 0. The Labute approximate surface area is 330 Å². The van der Waals surface area contributed by atoms with Crippen LogP contribution < -0.4 is 5.11 Å². The number of quaternary nitrogens is 1. The lowest BCUT2D eigenvalue weighted by Gasteiger charge is -2.34. The lowest BCUT2D eigenvalue weighted by Crippen LogP contribution is -2.55. The van der Waals surface area contributed by atoms with Crippen LogP contribution >= 0.6 is 0 Å². The van der Waals surface area contributed by atoms with Crippen molar-refractivity contribution in [2.45, 2.75) is 174 Å².